The van der Waals surface area contributed by atoms with Crippen molar-refractivity contribution in [2.75, 3.05) is 10.6 Å². The van der Waals surface area contributed by atoms with E-state index >= 15 is 0 Å². The van der Waals surface area contributed by atoms with Crippen LogP contribution in [0.5, 0.6) is 0 Å². The van der Waals surface area contributed by atoms with Gasteiger partial charge in [-0.05, 0) is 37.1 Å². The zero-order chi connectivity index (χ0) is 23.2. The van der Waals surface area contributed by atoms with Gasteiger partial charge in [-0.15, -0.1) is 0 Å². The van der Waals surface area contributed by atoms with Gasteiger partial charge in [0.15, 0.2) is 28.2 Å². The first kappa shape index (κ1) is 23.5. The Hall–Kier alpha value is -2.81. The molecule has 0 amide bonds. The van der Waals surface area contributed by atoms with Crippen molar-refractivity contribution in [3.8, 4) is 0 Å². The third-order valence-electron chi connectivity index (χ3n) is 3.74. The van der Waals surface area contributed by atoms with E-state index in [4.69, 9.17) is 0 Å². The number of sulfonamides is 1. The third kappa shape index (κ3) is 4.21. The fourth-order valence-electron chi connectivity index (χ4n) is 2.73. The standard InChI is InChI=1S/C15H11F5N2O6S2/c1-6-3-8(4-7(2)14(6)29(25,26)5-22(23)24)21-30(27,28)15-12(19)10(17)9(16)11(18)13(15)20/h3-4,21H,5H2,1-2H3. The van der Waals surface area contributed by atoms with E-state index in [1.54, 1.807) is 4.72 Å². The van der Waals surface area contributed by atoms with E-state index in [0.29, 0.717) is 0 Å². The number of rotatable bonds is 6. The second-order valence-corrected chi connectivity index (χ2v) is 9.54. The van der Waals surface area contributed by atoms with Crippen molar-refractivity contribution in [1.82, 2.24) is 0 Å². The van der Waals surface area contributed by atoms with E-state index in [1.165, 1.54) is 0 Å². The van der Waals surface area contributed by atoms with Gasteiger partial charge in [-0.25, -0.2) is 38.8 Å². The quantitative estimate of drug-likeness (QED) is 0.226. The Balaban J connectivity index is 2.59. The van der Waals surface area contributed by atoms with Crippen LogP contribution in [0.4, 0.5) is 27.6 Å². The van der Waals surface area contributed by atoms with Crippen LogP contribution in [0.1, 0.15) is 11.1 Å². The second-order valence-electron chi connectivity index (χ2n) is 6.02. The van der Waals surface area contributed by atoms with Crippen LogP contribution in [0.3, 0.4) is 0 Å². The lowest BCUT2D eigenvalue weighted by atomic mass is 10.1. The minimum atomic E-state index is -5.34. The molecule has 0 aliphatic rings. The minimum Gasteiger partial charge on any atom is -0.279 e. The zero-order valence-corrected chi connectivity index (χ0v) is 16.6. The molecule has 0 radical (unpaired) electrons. The van der Waals surface area contributed by atoms with E-state index in [0.717, 1.165) is 26.0 Å². The fraction of sp³-hybridized carbons (Fsp3) is 0.200. The van der Waals surface area contributed by atoms with Gasteiger partial charge >= 0.3 is 5.88 Å². The molecule has 8 nitrogen and oxygen atoms in total. The van der Waals surface area contributed by atoms with E-state index in [-0.39, 0.29) is 11.1 Å². The van der Waals surface area contributed by atoms with Gasteiger partial charge in [0.2, 0.25) is 15.7 Å². The zero-order valence-electron chi connectivity index (χ0n) is 15.0. The molecule has 0 fully saturated rings. The van der Waals surface area contributed by atoms with E-state index in [9.17, 15) is 48.9 Å². The molecule has 0 saturated heterocycles. The number of anilines is 1. The second kappa shape index (κ2) is 7.79. The average Bonchev–Trinajstić information content (AvgIpc) is 2.55. The summed E-state index contributed by atoms with van der Waals surface area (Å²) in [6, 6.07) is 1.73. The summed E-state index contributed by atoms with van der Waals surface area (Å²) in [5, 5.41) is 10.5. The van der Waals surface area contributed by atoms with Crippen molar-refractivity contribution in [2.45, 2.75) is 23.6 Å². The maximum Gasteiger partial charge on any atom is 0.305 e. The number of hydrogen-bond donors (Lipinski definition) is 1. The van der Waals surface area contributed by atoms with E-state index in [1.807, 2.05) is 0 Å². The molecule has 0 atom stereocenters. The fourth-order valence-corrected chi connectivity index (χ4v) is 5.42. The van der Waals surface area contributed by atoms with Crippen LogP contribution in [0, 0.1) is 53.0 Å². The molecule has 0 aliphatic carbocycles. The number of halogens is 5. The van der Waals surface area contributed by atoms with E-state index in [2.05, 4.69) is 0 Å². The Labute approximate surface area is 166 Å². The predicted molar refractivity (Wildman–Crippen MR) is 92.0 cm³/mol. The van der Waals surface area contributed by atoms with Crippen LogP contribution in [-0.4, -0.2) is 27.6 Å². The lowest BCUT2D eigenvalue weighted by Gasteiger charge is -2.14. The van der Waals surface area contributed by atoms with Gasteiger partial charge in [0.1, 0.15) is 0 Å². The van der Waals surface area contributed by atoms with Crippen LogP contribution in [-0.2, 0) is 19.9 Å². The molecule has 1 N–H and O–H groups in total. The SMILES string of the molecule is Cc1cc(NS(=O)(=O)c2c(F)c(F)c(F)c(F)c2F)cc(C)c1S(=O)(=O)C[N+](=O)[O-]. The van der Waals surface area contributed by atoms with Gasteiger partial charge in [-0.2, -0.15) is 0 Å². The molecule has 0 heterocycles. The number of sulfone groups is 1. The van der Waals surface area contributed by atoms with Crippen molar-refractivity contribution in [3.05, 3.63) is 62.5 Å². The molecule has 0 spiro atoms. The third-order valence-corrected chi connectivity index (χ3v) is 6.95. The molecule has 164 valence electrons. The maximum absolute atomic E-state index is 13.8. The van der Waals surface area contributed by atoms with Crippen LogP contribution < -0.4 is 4.72 Å². The predicted octanol–water partition coefficient (Wildman–Crippen LogP) is 2.81. The number of hydrogen-bond acceptors (Lipinski definition) is 6. The number of benzene rings is 2. The molecule has 15 heteroatoms. The van der Waals surface area contributed by atoms with Gasteiger partial charge < -0.3 is 0 Å². The molecular weight excluding hydrogens is 463 g/mol. The van der Waals surface area contributed by atoms with Crippen molar-refractivity contribution in [2.24, 2.45) is 0 Å². The summed E-state index contributed by atoms with van der Waals surface area (Å²) in [7, 11) is -9.74. The largest absolute Gasteiger partial charge is 0.305 e. The lowest BCUT2D eigenvalue weighted by Crippen LogP contribution is -2.20. The Morgan fingerprint density at radius 2 is 1.23 bits per heavy atom. The van der Waals surface area contributed by atoms with Gasteiger partial charge in [0.05, 0.1) is 4.90 Å². The lowest BCUT2D eigenvalue weighted by molar-refractivity contribution is -0.458. The van der Waals surface area contributed by atoms with Gasteiger partial charge in [-0.3, -0.25) is 14.8 Å². The highest BCUT2D eigenvalue weighted by atomic mass is 32.2. The minimum absolute atomic E-state index is 0.160. The summed E-state index contributed by atoms with van der Waals surface area (Å²) in [5.74, 6) is -14.1. The smallest absolute Gasteiger partial charge is 0.279 e. The normalized spacial score (nSPS) is 12.1. The number of nitrogens with zero attached hydrogens (tertiary/aromatic N) is 1. The van der Waals surface area contributed by atoms with Crippen molar-refractivity contribution in [1.29, 1.82) is 0 Å². The molecular formula is C15H11F5N2O6S2. The summed E-state index contributed by atoms with van der Waals surface area (Å²) in [5.41, 5.74) is -0.798. The molecule has 0 bridgehead atoms. The van der Waals surface area contributed by atoms with E-state index < -0.39 is 75.2 Å². The molecule has 0 saturated carbocycles. The van der Waals surface area contributed by atoms with Crippen LogP contribution in [0.25, 0.3) is 0 Å². The molecule has 30 heavy (non-hydrogen) atoms. The Morgan fingerprint density at radius 3 is 1.63 bits per heavy atom. The molecule has 2 aromatic rings. The monoisotopic (exact) mass is 474 g/mol. The van der Waals surface area contributed by atoms with Gasteiger partial charge in [-0.1, -0.05) is 0 Å². The maximum atomic E-state index is 13.8. The summed E-state index contributed by atoms with van der Waals surface area (Å²) in [4.78, 5) is 6.85. The first-order valence-electron chi connectivity index (χ1n) is 7.60. The first-order valence-corrected chi connectivity index (χ1v) is 10.7. The summed E-state index contributed by atoms with van der Waals surface area (Å²) < 4.78 is 118. The molecule has 0 aliphatic heterocycles. The summed E-state index contributed by atoms with van der Waals surface area (Å²) in [6.45, 7) is 2.33. The van der Waals surface area contributed by atoms with Crippen LogP contribution in [0.2, 0.25) is 0 Å². The van der Waals surface area contributed by atoms with Gasteiger partial charge in [0.25, 0.3) is 10.0 Å². The number of nitro groups is 1. The highest BCUT2D eigenvalue weighted by Crippen LogP contribution is 2.30. The Morgan fingerprint density at radius 1 is 0.833 bits per heavy atom. The Kier molecular flexibility index (Phi) is 6.09. The average molecular weight is 474 g/mol. The summed E-state index contributed by atoms with van der Waals surface area (Å²) >= 11 is 0. The van der Waals surface area contributed by atoms with Crippen molar-refractivity contribution >= 4 is 25.5 Å². The summed E-state index contributed by atoms with van der Waals surface area (Å²) in [6.07, 6.45) is 0. The highest BCUT2D eigenvalue weighted by Gasteiger charge is 2.34. The van der Waals surface area contributed by atoms with Crippen LogP contribution >= 0.6 is 0 Å². The Bertz CT molecular complexity index is 1230. The first-order chi connectivity index (χ1) is 13.6. The molecule has 0 unspecified atom stereocenters. The number of nitrogens with one attached hydrogen (secondary N) is 1. The topological polar surface area (TPSA) is 123 Å². The molecule has 2 aromatic carbocycles. The number of aryl methyl sites for hydroxylation is 2. The molecule has 2 rings (SSSR count). The molecule has 0 aromatic heterocycles. The highest BCUT2D eigenvalue weighted by molar-refractivity contribution is 7.92. The van der Waals surface area contributed by atoms with Crippen LogP contribution in [0.15, 0.2) is 21.9 Å². The van der Waals surface area contributed by atoms with Crippen molar-refractivity contribution < 1.29 is 43.7 Å². The van der Waals surface area contributed by atoms with Crippen molar-refractivity contribution in [3.63, 3.8) is 0 Å². The van der Waals surface area contributed by atoms with Gasteiger partial charge in [0, 0.05) is 10.6 Å².